The van der Waals surface area contributed by atoms with Gasteiger partial charge in [0.15, 0.2) is 0 Å². The maximum Gasteiger partial charge on any atom is 0.320 e. The molecule has 0 aromatic heterocycles. The molecule has 6 heteroatoms. The van der Waals surface area contributed by atoms with Crippen molar-refractivity contribution in [1.82, 2.24) is 4.90 Å². The van der Waals surface area contributed by atoms with Gasteiger partial charge in [-0.3, -0.25) is 9.69 Å². The standard InChI is InChI=1S/C12H15Cl2NO3/c1-8(12(16)17)15(2)5-6-18-11-7-9(13)3-4-10(11)14/h3-4,7-8H,5-6H2,1-2H3,(H,16,17). The van der Waals surface area contributed by atoms with Gasteiger partial charge in [-0.25, -0.2) is 0 Å². The normalized spacial score (nSPS) is 12.5. The van der Waals surface area contributed by atoms with Crippen LogP contribution in [0.5, 0.6) is 5.75 Å². The summed E-state index contributed by atoms with van der Waals surface area (Å²) < 4.78 is 5.47. The Bertz CT molecular complexity index is 426. The van der Waals surface area contributed by atoms with Crippen molar-refractivity contribution in [1.29, 1.82) is 0 Å². The van der Waals surface area contributed by atoms with Crippen molar-refractivity contribution in [2.24, 2.45) is 0 Å². The second-order valence-electron chi connectivity index (χ2n) is 3.92. The van der Waals surface area contributed by atoms with Crippen LogP contribution in [0.1, 0.15) is 6.92 Å². The molecule has 0 saturated carbocycles. The summed E-state index contributed by atoms with van der Waals surface area (Å²) in [7, 11) is 1.72. The van der Waals surface area contributed by atoms with E-state index in [-0.39, 0.29) is 0 Å². The molecule has 0 bridgehead atoms. The topological polar surface area (TPSA) is 49.8 Å². The van der Waals surface area contributed by atoms with Gasteiger partial charge < -0.3 is 9.84 Å². The molecule has 18 heavy (non-hydrogen) atoms. The van der Waals surface area contributed by atoms with Gasteiger partial charge in [0.1, 0.15) is 18.4 Å². The number of benzene rings is 1. The van der Waals surface area contributed by atoms with Crippen molar-refractivity contribution in [3.05, 3.63) is 28.2 Å². The van der Waals surface area contributed by atoms with Gasteiger partial charge in [0.2, 0.25) is 0 Å². The number of ether oxygens (including phenoxy) is 1. The van der Waals surface area contributed by atoms with Crippen LogP contribution in [0.25, 0.3) is 0 Å². The van der Waals surface area contributed by atoms with Crippen molar-refractivity contribution in [2.75, 3.05) is 20.2 Å². The molecule has 1 N–H and O–H groups in total. The molecular weight excluding hydrogens is 277 g/mol. The van der Waals surface area contributed by atoms with Crippen molar-refractivity contribution >= 4 is 29.2 Å². The first-order valence-corrected chi connectivity index (χ1v) is 6.18. The van der Waals surface area contributed by atoms with E-state index in [9.17, 15) is 4.79 Å². The summed E-state index contributed by atoms with van der Waals surface area (Å²) in [6, 6.07) is 4.41. The SMILES string of the molecule is CC(C(=O)O)N(C)CCOc1cc(Cl)ccc1Cl. The Hall–Kier alpha value is -0.970. The van der Waals surface area contributed by atoms with Crippen LogP contribution < -0.4 is 4.74 Å². The summed E-state index contributed by atoms with van der Waals surface area (Å²) in [5.74, 6) is -0.362. The van der Waals surface area contributed by atoms with Crippen LogP contribution in [0.4, 0.5) is 0 Å². The Kier molecular flexibility index (Phi) is 5.72. The highest BCUT2D eigenvalue weighted by Crippen LogP contribution is 2.27. The Balaban J connectivity index is 2.46. The van der Waals surface area contributed by atoms with Gasteiger partial charge in [-0.05, 0) is 26.1 Å². The van der Waals surface area contributed by atoms with E-state index in [0.29, 0.717) is 28.9 Å². The monoisotopic (exact) mass is 291 g/mol. The third-order valence-electron chi connectivity index (χ3n) is 2.61. The van der Waals surface area contributed by atoms with Gasteiger partial charge in [-0.2, -0.15) is 0 Å². The molecule has 1 aromatic carbocycles. The molecule has 0 amide bonds. The summed E-state index contributed by atoms with van der Waals surface area (Å²) >= 11 is 11.8. The summed E-state index contributed by atoms with van der Waals surface area (Å²) in [6.45, 7) is 2.44. The van der Waals surface area contributed by atoms with Gasteiger partial charge in [0.25, 0.3) is 0 Å². The summed E-state index contributed by atoms with van der Waals surface area (Å²) in [5.41, 5.74) is 0. The molecule has 4 nitrogen and oxygen atoms in total. The molecule has 0 aliphatic carbocycles. The van der Waals surface area contributed by atoms with Crippen LogP contribution in [0, 0.1) is 0 Å². The third kappa shape index (κ3) is 4.37. The minimum absolute atomic E-state index is 0.341. The van der Waals surface area contributed by atoms with Crippen LogP contribution in [-0.2, 0) is 4.79 Å². The van der Waals surface area contributed by atoms with Crippen LogP contribution in [0.2, 0.25) is 10.0 Å². The maximum atomic E-state index is 10.8. The predicted octanol–water partition coefficient (Wildman–Crippen LogP) is 2.78. The quantitative estimate of drug-likeness (QED) is 0.876. The van der Waals surface area contributed by atoms with Crippen LogP contribution >= 0.6 is 23.2 Å². The van der Waals surface area contributed by atoms with E-state index in [0.717, 1.165) is 0 Å². The Labute approximate surface area is 116 Å². The molecule has 1 rings (SSSR count). The predicted molar refractivity (Wildman–Crippen MR) is 71.7 cm³/mol. The Morgan fingerprint density at radius 2 is 2.17 bits per heavy atom. The lowest BCUT2D eigenvalue weighted by Gasteiger charge is -2.21. The molecule has 0 radical (unpaired) electrons. The number of nitrogens with zero attached hydrogens (tertiary/aromatic N) is 1. The van der Waals surface area contributed by atoms with E-state index in [1.54, 1.807) is 37.1 Å². The fourth-order valence-corrected chi connectivity index (χ4v) is 1.60. The van der Waals surface area contributed by atoms with Crippen LogP contribution in [0.15, 0.2) is 18.2 Å². The molecule has 0 aliphatic rings. The average molecular weight is 292 g/mol. The first-order chi connectivity index (χ1) is 8.41. The fourth-order valence-electron chi connectivity index (χ4n) is 1.27. The summed E-state index contributed by atoms with van der Waals surface area (Å²) in [6.07, 6.45) is 0. The second kappa shape index (κ2) is 6.83. The second-order valence-corrected chi connectivity index (χ2v) is 4.76. The van der Waals surface area contributed by atoms with Crippen molar-refractivity contribution < 1.29 is 14.6 Å². The van der Waals surface area contributed by atoms with Gasteiger partial charge in [-0.15, -0.1) is 0 Å². The zero-order valence-electron chi connectivity index (χ0n) is 10.2. The van der Waals surface area contributed by atoms with Gasteiger partial charge in [0, 0.05) is 17.6 Å². The van der Waals surface area contributed by atoms with Crippen molar-refractivity contribution in [3.63, 3.8) is 0 Å². The number of carboxylic acid groups (broad SMARTS) is 1. The lowest BCUT2D eigenvalue weighted by atomic mass is 10.3. The molecule has 0 heterocycles. The van der Waals surface area contributed by atoms with Crippen LogP contribution in [0.3, 0.4) is 0 Å². The van der Waals surface area contributed by atoms with Gasteiger partial charge in [-0.1, -0.05) is 23.2 Å². The summed E-state index contributed by atoms with van der Waals surface area (Å²) in [5, 5.41) is 9.85. The van der Waals surface area contributed by atoms with Crippen molar-refractivity contribution in [2.45, 2.75) is 13.0 Å². The molecule has 1 atom stereocenters. The number of carboxylic acids is 1. The lowest BCUT2D eigenvalue weighted by Crippen LogP contribution is -2.38. The van der Waals surface area contributed by atoms with Crippen molar-refractivity contribution in [3.8, 4) is 5.75 Å². The molecule has 0 spiro atoms. The number of carbonyl (C=O) groups is 1. The molecule has 0 fully saturated rings. The van der Waals surface area contributed by atoms with E-state index in [4.69, 9.17) is 33.0 Å². The average Bonchev–Trinajstić information content (AvgIpc) is 2.32. The highest BCUT2D eigenvalue weighted by Gasteiger charge is 2.16. The molecule has 100 valence electrons. The number of likely N-dealkylation sites (N-methyl/N-ethyl adjacent to an activating group) is 1. The highest BCUT2D eigenvalue weighted by molar-refractivity contribution is 6.34. The highest BCUT2D eigenvalue weighted by atomic mass is 35.5. The number of halogens is 2. The minimum atomic E-state index is -0.863. The first-order valence-electron chi connectivity index (χ1n) is 5.42. The van der Waals surface area contributed by atoms with E-state index < -0.39 is 12.0 Å². The van der Waals surface area contributed by atoms with Gasteiger partial charge >= 0.3 is 5.97 Å². The molecule has 1 aromatic rings. The summed E-state index contributed by atoms with van der Waals surface area (Å²) in [4.78, 5) is 12.4. The Morgan fingerprint density at radius 3 is 2.78 bits per heavy atom. The molecule has 1 unspecified atom stereocenters. The molecule has 0 aliphatic heterocycles. The van der Waals surface area contributed by atoms with E-state index in [1.165, 1.54) is 0 Å². The minimum Gasteiger partial charge on any atom is -0.491 e. The fraction of sp³-hybridized carbons (Fsp3) is 0.417. The maximum absolute atomic E-state index is 10.8. The third-order valence-corrected chi connectivity index (χ3v) is 3.16. The number of aliphatic carboxylic acids is 1. The largest absolute Gasteiger partial charge is 0.491 e. The zero-order valence-corrected chi connectivity index (χ0v) is 11.7. The smallest absolute Gasteiger partial charge is 0.320 e. The number of hydrogen-bond donors (Lipinski definition) is 1. The molecule has 0 saturated heterocycles. The molecular formula is C12H15Cl2NO3. The Morgan fingerprint density at radius 1 is 1.50 bits per heavy atom. The first kappa shape index (κ1) is 15.1. The lowest BCUT2D eigenvalue weighted by molar-refractivity contribution is -0.142. The van der Waals surface area contributed by atoms with E-state index >= 15 is 0 Å². The number of rotatable bonds is 6. The number of hydrogen-bond acceptors (Lipinski definition) is 3. The van der Waals surface area contributed by atoms with E-state index in [1.807, 2.05) is 0 Å². The van der Waals surface area contributed by atoms with E-state index in [2.05, 4.69) is 0 Å². The van der Waals surface area contributed by atoms with Crippen LogP contribution in [-0.4, -0.2) is 42.2 Å². The van der Waals surface area contributed by atoms with Gasteiger partial charge in [0.05, 0.1) is 5.02 Å². The zero-order chi connectivity index (χ0) is 13.7.